The highest BCUT2D eigenvalue weighted by atomic mass is 32.1. The van der Waals surface area contributed by atoms with Gasteiger partial charge in [-0.3, -0.25) is 9.59 Å². The summed E-state index contributed by atoms with van der Waals surface area (Å²) in [6.07, 6.45) is 7.01. The summed E-state index contributed by atoms with van der Waals surface area (Å²) in [6, 6.07) is 10.3. The number of hydrogen-bond donors (Lipinski definition) is 2. The first-order valence-corrected chi connectivity index (χ1v) is 15.1. The molecule has 0 unspecified atom stereocenters. The summed E-state index contributed by atoms with van der Waals surface area (Å²) >= 11 is 1.52. The van der Waals surface area contributed by atoms with E-state index in [0.29, 0.717) is 39.5 Å². The minimum atomic E-state index is -0.621. The third-order valence-corrected chi connectivity index (χ3v) is 10.0. The molecule has 1 aliphatic heterocycles. The van der Waals surface area contributed by atoms with Crippen molar-refractivity contribution >= 4 is 40.3 Å². The summed E-state index contributed by atoms with van der Waals surface area (Å²) in [5.41, 5.74) is 3.43. The number of aromatic nitrogens is 3. The molecule has 1 saturated heterocycles. The van der Waals surface area contributed by atoms with E-state index in [-0.39, 0.29) is 17.3 Å². The summed E-state index contributed by atoms with van der Waals surface area (Å²) in [5.74, 6) is 0.540. The number of rotatable bonds is 6. The SMILES string of the molecule is CN1CCN(c2ccc(Nc3cc(-c4ccc(F)c(NC(=O)c5cc6c(s5)[C@@H]5CC[C@H]6C5)n4)cn(C)c3=O)nc2)CC1. The summed E-state index contributed by atoms with van der Waals surface area (Å²) in [4.78, 5) is 41.5. The van der Waals surface area contributed by atoms with Crippen LogP contribution in [0.3, 0.4) is 0 Å². The van der Waals surface area contributed by atoms with Gasteiger partial charge < -0.3 is 25.0 Å². The second-order valence-corrected chi connectivity index (χ2v) is 12.6. The van der Waals surface area contributed by atoms with Crippen LogP contribution in [0.1, 0.15) is 51.2 Å². The van der Waals surface area contributed by atoms with Crippen LogP contribution in [0.4, 0.5) is 27.4 Å². The summed E-state index contributed by atoms with van der Waals surface area (Å²) in [7, 11) is 3.77. The number of halogens is 1. The van der Waals surface area contributed by atoms with Crippen LogP contribution in [-0.4, -0.2) is 58.6 Å². The number of carbonyl (C=O) groups excluding carboxylic acids is 1. The van der Waals surface area contributed by atoms with E-state index in [4.69, 9.17) is 0 Å². The van der Waals surface area contributed by atoms with Crippen molar-refractivity contribution < 1.29 is 9.18 Å². The Labute approximate surface area is 247 Å². The Morgan fingerprint density at radius 1 is 1.05 bits per heavy atom. The fraction of sp³-hybridized carbons (Fsp3) is 0.355. The van der Waals surface area contributed by atoms with Gasteiger partial charge in [0.2, 0.25) is 0 Å². The van der Waals surface area contributed by atoms with Crippen LogP contribution in [-0.2, 0) is 7.05 Å². The first-order chi connectivity index (χ1) is 20.3. The van der Waals surface area contributed by atoms with Gasteiger partial charge in [-0.05, 0) is 80.1 Å². The Balaban J connectivity index is 1.10. The van der Waals surface area contributed by atoms with Crippen LogP contribution in [0.15, 0.2) is 53.6 Å². The fourth-order valence-electron chi connectivity index (χ4n) is 6.32. The van der Waals surface area contributed by atoms with Crippen molar-refractivity contribution in [2.45, 2.75) is 31.1 Å². The number of anilines is 4. The molecule has 216 valence electrons. The highest BCUT2D eigenvalue weighted by Gasteiger charge is 2.39. The molecule has 0 aromatic carbocycles. The van der Waals surface area contributed by atoms with Gasteiger partial charge in [-0.1, -0.05) is 0 Å². The summed E-state index contributed by atoms with van der Waals surface area (Å²) < 4.78 is 16.2. The van der Waals surface area contributed by atoms with Crippen molar-refractivity contribution in [3.8, 4) is 11.3 Å². The smallest absolute Gasteiger partial charge is 0.274 e. The highest BCUT2D eigenvalue weighted by Crippen LogP contribution is 2.55. The number of fused-ring (bicyclic) bond motifs is 5. The number of nitrogens with one attached hydrogen (secondary N) is 2. The zero-order valence-corrected chi connectivity index (χ0v) is 24.4. The monoisotopic (exact) mass is 585 g/mol. The number of carbonyl (C=O) groups is 1. The molecule has 9 nitrogen and oxygen atoms in total. The number of likely N-dealkylation sites (N-methyl/N-ethyl adjacent to an activating group) is 1. The average molecular weight is 586 g/mol. The number of amides is 1. The molecule has 2 fully saturated rings. The molecular weight excluding hydrogens is 553 g/mol. The maximum atomic E-state index is 14.8. The molecule has 2 bridgehead atoms. The van der Waals surface area contributed by atoms with Gasteiger partial charge in [-0.25, -0.2) is 14.4 Å². The number of thiophene rings is 1. The first kappa shape index (κ1) is 26.8. The molecule has 2 atom stereocenters. The molecule has 4 aromatic heterocycles. The fourth-order valence-corrected chi connectivity index (χ4v) is 7.61. The van der Waals surface area contributed by atoms with Gasteiger partial charge in [0.1, 0.15) is 11.5 Å². The second-order valence-electron chi connectivity index (χ2n) is 11.5. The lowest BCUT2D eigenvalue weighted by Gasteiger charge is -2.33. The van der Waals surface area contributed by atoms with E-state index in [1.54, 1.807) is 19.3 Å². The predicted octanol–water partition coefficient (Wildman–Crippen LogP) is 5.16. The Kier molecular flexibility index (Phi) is 6.78. The van der Waals surface area contributed by atoms with E-state index >= 15 is 0 Å². The molecule has 4 aromatic rings. The minimum Gasteiger partial charge on any atom is -0.368 e. The summed E-state index contributed by atoms with van der Waals surface area (Å²) in [5, 5.41) is 5.80. The molecule has 11 heteroatoms. The lowest BCUT2D eigenvalue weighted by atomic mass is 9.99. The van der Waals surface area contributed by atoms with Crippen molar-refractivity contribution in [3.63, 3.8) is 0 Å². The normalized spacial score (nSPS) is 19.6. The Morgan fingerprint density at radius 2 is 1.86 bits per heavy atom. The van der Waals surface area contributed by atoms with E-state index in [1.807, 2.05) is 24.4 Å². The van der Waals surface area contributed by atoms with Gasteiger partial charge in [-0.2, -0.15) is 0 Å². The number of pyridine rings is 3. The van der Waals surface area contributed by atoms with Crippen LogP contribution in [0.5, 0.6) is 0 Å². The largest absolute Gasteiger partial charge is 0.368 e. The zero-order valence-electron chi connectivity index (χ0n) is 23.6. The maximum Gasteiger partial charge on any atom is 0.274 e. The molecule has 0 spiro atoms. The number of hydrogen-bond acceptors (Lipinski definition) is 8. The zero-order chi connectivity index (χ0) is 29.0. The molecule has 7 rings (SSSR count). The first-order valence-electron chi connectivity index (χ1n) is 14.3. The van der Waals surface area contributed by atoms with Crippen molar-refractivity contribution in [1.82, 2.24) is 19.4 Å². The van der Waals surface area contributed by atoms with Gasteiger partial charge in [-0.15, -0.1) is 11.3 Å². The Hall–Kier alpha value is -4.09. The maximum absolute atomic E-state index is 14.8. The van der Waals surface area contributed by atoms with E-state index in [1.165, 1.54) is 57.7 Å². The third-order valence-electron chi connectivity index (χ3n) is 8.69. The Morgan fingerprint density at radius 3 is 2.62 bits per heavy atom. The molecule has 5 heterocycles. The van der Waals surface area contributed by atoms with Gasteiger partial charge in [0, 0.05) is 49.9 Å². The predicted molar refractivity (Wildman–Crippen MR) is 164 cm³/mol. The summed E-state index contributed by atoms with van der Waals surface area (Å²) in [6.45, 7) is 3.89. The minimum absolute atomic E-state index is 0.140. The van der Waals surface area contributed by atoms with E-state index < -0.39 is 5.82 Å². The molecule has 0 radical (unpaired) electrons. The van der Waals surface area contributed by atoms with Crippen molar-refractivity contribution in [1.29, 1.82) is 0 Å². The molecule has 2 aliphatic carbocycles. The van der Waals surface area contributed by atoms with Crippen molar-refractivity contribution in [2.24, 2.45) is 7.05 Å². The van der Waals surface area contributed by atoms with Crippen molar-refractivity contribution in [2.75, 3.05) is 48.8 Å². The van der Waals surface area contributed by atoms with Crippen LogP contribution >= 0.6 is 11.3 Å². The number of piperazine rings is 1. The van der Waals surface area contributed by atoms with Crippen molar-refractivity contribution in [3.05, 3.63) is 80.3 Å². The lowest BCUT2D eigenvalue weighted by molar-refractivity contribution is 0.102. The number of aryl methyl sites for hydroxylation is 1. The highest BCUT2D eigenvalue weighted by molar-refractivity contribution is 7.14. The van der Waals surface area contributed by atoms with Gasteiger partial charge in [0.05, 0.1) is 22.5 Å². The van der Waals surface area contributed by atoms with E-state index in [9.17, 15) is 14.0 Å². The second kappa shape index (κ2) is 10.6. The van der Waals surface area contributed by atoms with E-state index in [0.717, 1.165) is 31.9 Å². The molecule has 1 saturated carbocycles. The van der Waals surface area contributed by atoms with Gasteiger partial charge in [0.15, 0.2) is 11.6 Å². The van der Waals surface area contributed by atoms with Gasteiger partial charge >= 0.3 is 0 Å². The number of nitrogens with zero attached hydrogens (tertiary/aromatic N) is 5. The van der Waals surface area contributed by atoms with Crippen LogP contribution in [0, 0.1) is 5.82 Å². The Bertz CT molecular complexity index is 1700. The molecule has 2 N–H and O–H groups in total. The molecular formula is C31H32FN7O2S. The third kappa shape index (κ3) is 4.96. The van der Waals surface area contributed by atoms with Crippen LogP contribution < -0.4 is 21.1 Å². The topological polar surface area (TPSA) is 95.4 Å². The van der Waals surface area contributed by atoms with E-state index in [2.05, 4.69) is 37.4 Å². The molecule has 3 aliphatic rings. The standard InChI is InChI=1S/C31H32FN7O2S/c1-37-9-11-39(12-10-37)21-5-8-27(33-16-21)34-25-14-20(17-38(2)31(25)41)24-7-6-23(32)29(35-24)36-30(40)26-15-22-18-3-4-19(13-18)28(22)42-26/h5-8,14-19H,3-4,9-13H2,1-2H3,(H,33,34)(H,35,36,40)/t18-,19+/m0/s1. The lowest BCUT2D eigenvalue weighted by Crippen LogP contribution is -2.44. The van der Waals surface area contributed by atoms with Crippen LogP contribution in [0.25, 0.3) is 11.3 Å². The van der Waals surface area contributed by atoms with Crippen LogP contribution in [0.2, 0.25) is 0 Å². The average Bonchev–Trinajstić information content (AvgIpc) is 3.72. The quantitative estimate of drug-likeness (QED) is 0.323. The molecule has 42 heavy (non-hydrogen) atoms. The molecule has 1 amide bonds. The van der Waals surface area contributed by atoms with Gasteiger partial charge in [0.25, 0.3) is 11.5 Å².